The zero-order valence-corrected chi connectivity index (χ0v) is 11.3. The Morgan fingerprint density at radius 3 is 2.79 bits per heavy atom. The van der Waals surface area contributed by atoms with Crippen LogP contribution in [-0.2, 0) is 0 Å². The highest BCUT2D eigenvalue weighted by Crippen LogP contribution is 2.11. The molecule has 0 radical (unpaired) electrons. The average Bonchev–Trinajstić information content (AvgIpc) is 2.48. The monoisotopic (exact) mass is 263 g/mol. The minimum Gasteiger partial charge on any atom is -0.336 e. The molecule has 1 saturated heterocycles. The van der Waals surface area contributed by atoms with E-state index in [1.165, 1.54) is 0 Å². The number of nitrogens with one attached hydrogen (secondary N) is 1. The van der Waals surface area contributed by atoms with Crippen LogP contribution >= 0.6 is 0 Å². The van der Waals surface area contributed by atoms with Gasteiger partial charge in [-0.05, 0) is 25.1 Å². The fourth-order valence-electron chi connectivity index (χ4n) is 2.32. The Kier molecular flexibility index (Phi) is 4.70. The zero-order valence-electron chi connectivity index (χ0n) is 11.3. The largest absolute Gasteiger partial charge is 0.336 e. The summed E-state index contributed by atoms with van der Waals surface area (Å²) in [6.07, 6.45) is 2.75. The van der Waals surface area contributed by atoms with Crippen LogP contribution in [0.4, 0.5) is 5.82 Å². The van der Waals surface area contributed by atoms with Gasteiger partial charge >= 0.3 is 0 Å². The number of carbonyl (C=O) groups is 1. The van der Waals surface area contributed by atoms with E-state index in [0.29, 0.717) is 11.4 Å². The molecule has 19 heavy (non-hydrogen) atoms. The Balaban J connectivity index is 1.97. The van der Waals surface area contributed by atoms with E-state index in [-0.39, 0.29) is 5.91 Å². The fraction of sp³-hybridized carbons (Fsp3) is 0.538. The maximum atomic E-state index is 12.3. The predicted molar refractivity (Wildman–Crippen MR) is 74.7 cm³/mol. The van der Waals surface area contributed by atoms with Crippen LogP contribution in [0.2, 0.25) is 0 Å². The third-order valence-electron chi connectivity index (χ3n) is 3.35. The van der Waals surface area contributed by atoms with Gasteiger partial charge in [-0.3, -0.25) is 9.69 Å². The molecule has 0 spiro atoms. The molecule has 2 rings (SSSR count). The second-order valence-corrected chi connectivity index (χ2v) is 4.71. The van der Waals surface area contributed by atoms with E-state index in [1.807, 2.05) is 4.90 Å². The van der Waals surface area contributed by atoms with Crippen molar-refractivity contribution in [1.29, 1.82) is 0 Å². The maximum absolute atomic E-state index is 12.3. The predicted octanol–water partition coefficient (Wildman–Crippen LogP) is 0.535. The molecule has 6 nitrogen and oxygen atoms in total. The number of hydrazine groups is 1. The van der Waals surface area contributed by atoms with Crippen molar-refractivity contribution in [3.8, 4) is 0 Å². The first kappa shape index (κ1) is 13.8. The maximum Gasteiger partial charge on any atom is 0.254 e. The van der Waals surface area contributed by atoms with Gasteiger partial charge < -0.3 is 10.3 Å². The van der Waals surface area contributed by atoms with Crippen molar-refractivity contribution >= 4 is 11.7 Å². The van der Waals surface area contributed by atoms with Gasteiger partial charge in [-0.15, -0.1) is 0 Å². The van der Waals surface area contributed by atoms with E-state index in [9.17, 15) is 4.79 Å². The third kappa shape index (κ3) is 3.42. The molecule has 0 aromatic carbocycles. The van der Waals surface area contributed by atoms with Crippen LogP contribution in [0.5, 0.6) is 0 Å². The number of pyridine rings is 1. The van der Waals surface area contributed by atoms with Gasteiger partial charge in [0.05, 0.1) is 0 Å². The molecule has 1 amide bonds. The van der Waals surface area contributed by atoms with E-state index in [2.05, 4.69) is 22.2 Å². The molecule has 2 heterocycles. The molecule has 104 valence electrons. The van der Waals surface area contributed by atoms with Crippen molar-refractivity contribution in [3.63, 3.8) is 0 Å². The lowest BCUT2D eigenvalue weighted by atomic mass is 10.2. The summed E-state index contributed by atoms with van der Waals surface area (Å²) in [6.45, 7) is 6.76. The number of aromatic nitrogens is 1. The highest BCUT2D eigenvalue weighted by Gasteiger charge is 2.21. The van der Waals surface area contributed by atoms with Crippen molar-refractivity contribution in [1.82, 2.24) is 14.8 Å². The van der Waals surface area contributed by atoms with E-state index >= 15 is 0 Å². The normalized spacial score (nSPS) is 16.4. The fourth-order valence-corrected chi connectivity index (χ4v) is 2.32. The van der Waals surface area contributed by atoms with Crippen molar-refractivity contribution in [3.05, 3.63) is 23.9 Å². The first-order chi connectivity index (χ1) is 9.24. The molecule has 1 aliphatic heterocycles. The summed E-state index contributed by atoms with van der Waals surface area (Å²) in [5, 5.41) is 0. The SMILES string of the molecule is CCCN1CCN(C(=O)c2ccnc(NN)c2)CC1. The van der Waals surface area contributed by atoms with Crippen LogP contribution in [-0.4, -0.2) is 53.4 Å². The van der Waals surface area contributed by atoms with Gasteiger partial charge in [0.2, 0.25) is 0 Å². The molecular weight excluding hydrogens is 242 g/mol. The quantitative estimate of drug-likeness (QED) is 0.612. The summed E-state index contributed by atoms with van der Waals surface area (Å²) in [6, 6.07) is 3.41. The Labute approximate surface area is 113 Å². The van der Waals surface area contributed by atoms with E-state index in [4.69, 9.17) is 5.84 Å². The number of piperazine rings is 1. The van der Waals surface area contributed by atoms with E-state index in [0.717, 1.165) is 39.1 Å². The summed E-state index contributed by atoms with van der Waals surface area (Å²) in [7, 11) is 0. The molecule has 3 N–H and O–H groups in total. The van der Waals surface area contributed by atoms with Crippen molar-refractivity contribution in [2.45, 2.75) is 13.3 Å². The van der Waals surface area contributed by atoms with E-state index in [1.54, 1.807) is 18.3 Å². The number of nitrogen functional groups attached to an aromatic ring is 1. The number of rotatable bonds is 4. The lowest BCUT2D eigenvalue weighted by Crippen LogP contribution is -2.48. The highest BCUT2D eigenvalue weighted by molar-refractivity contribution is 5.94. The van der Waals surface area contributed by atoms with Crippen LogP contribution in [0.15, 0.2) is 18.3 Å². The topological polar surface area (TPSA) is 74.5 Å². The average molecular weight is 263 g/mol. The van der Waals surface area contributed by atoms with Crippen molar-refractivity contribution < 1.29 is 4.79 Å². The second kappa shape index (κ2) is 6.49. The summed E-state index contributed by atoms with van der Waals surface area (Å²) in [5.74, 6) is 5.87. The minimum absolute atomic E-state index is 0.0510. The lowest BCUT2D eigenvalue weighted by molar-refractivity contribution is 0.0637. The zero-order chi connectivity index (χ0) is 13.7. The van der Waals surface area contributed by atoms with Crippen molar-refractivity contribution in [2.24, 2.45) is 5.84 Å². The van der Waals surface area contributed by atoms with Gasteiger partial charge in [-0.25, -0.2) is 10.8 Å². The molecule has 0 bridgehead atoms. The lowest BCUT2D eigenvalue weighted by Gasteiger charge is -2.34. The number of nitrogens with two attached hydrogens (primary N) is 1. The molecule has 1 aromatic rings. The third-order valence-corrected chi connectivity index (χ3v) is 3.35. The van der Waals surface area contributed by atoms with Crippen LogP contribution < -0.4 is 11.3 Å². The molecule has 0 atom stereocenters. The van der Waals surface area contributed by atoms with Gasteiger partial charge in [0.15, 0.2) is 0 Å². The van der Waals surface area contributed by atoms with Gasteiger partial charge in [-0.1, -0.05) is 6.92 Å². The standard InChI is InChI=1S/C13H21N5O/c1-2-5-17-6-8-18(9-7-17)13(19)11-3-4-15-12(10-11)16-14/h3-4,10H,2,5-9,14H2,1H3,(H,15,16). The Hall–Kier alpha value is -1.66. The molecule has 1 fully saturated rings. The molecule has 6 heteroatoms. The molecule has 0 aliphatic carbocycles. The summed E-state index contributed by atoms with van der Waals surface area (Å²) < 4.78 is 0. The first-order valence-corrected chi connectivity index (χ1v) is 6.69. The number of amides is 1. The van der Waals surface area contributed by atoms with Gasteiger partial charge in [0.25, 0.3) is 5.91 Å². The molecule has 0 saturated carbocycles. The van der Waals surface area contributed by atoms with Gasteiger partial charge in [0, 0.05) is 37.9 Å². The smallest absolute Gasteiger partial charge is 0.254 e. The van der Waals surface area contributed by atoms with Crippen LogP contribution in [0.3, 0.4) is 0 Å². The number of hydrogen-bond acceptors (Lipinski definition) is 5. The number of carbonyl (C=O) groups excluding carboxylic acids is 1. The van der Waals surface area contributed by atoms with Crippen LogP contribution in [0.1, 0.15) is 23.7 Å². The highest BCUT2D eigenvalue weighted by atomic mass is 16.2. The first-order valence-electron chi connectivity index (χ1n) is 6.69. The number of anilines is 1. The van der Waals surface area contributed by atoms with Crippen LogP contribution in [0.25, 0.3) is 0 Å². The van der Waals surface area contributed by atoms with E-state index < -0.39 is 0 Å². The number of nitrogens with zero attached hydrogens (tertiary/aromatic N) is 3. The second-order valence-electron chi connectivity index (χ2n) is 4.71. The molecule has 0 unspecified atom stereocenters. The van der Waals surface area contributed by atoms with Crippen LogP contribution in [0, 0.1) is 0 Å². The Morgan fingerprint density at radius 1 is 1.42 bits per heavy atom. The summed E-state index contributed by atoms with van der Waals surface area (Å²) >= 11 is 0. The Morgan fingerprint density at radius 2 is 2.16 bits per heavy atom. The Bertz CT molecular complexity index is 429. The summed E-state index contributed by atoms with van der Waals surface area (Å²) in [5.41, 5.74) is 3.09. The molecule has 1 aliphatic rings. The van der Waals surface area contributed by atoms with Gasteiger partial charge in [-0.2, -0.15) is 0 Å². The summed E-state index contributed by atoms with van der Waals surface area (Å²) in [4.78, 5) is 20.6. The molecular formula is C13H21N5O. The molecule has 1 aromatic heterocycles. The minimum atomic E-state index is 0.0510. The van der Waals surface area contributed by atoms with Gasteiger partial charge in [0.1, 0.15) is 5.82 Å². The number of hydrogen-bond donors (Lipinski definition) is 2. The van der Waals surface area contributed by atoms with Crippen molar-refractivity contribution in [2.75, 3.05) is 38.1 Å².